The molecule has 0 aliphatic heterocycles. The van der Waals surface area contributed by atoms with E-state index in [9.17, 15) is 9.59 Å². The van der Waals surface area contributed by atoms with Gasteiger partial charge in [0, 0.05) is 6.92 Å². The standard InChI is InChI=1S/C9H12O3/c1-6-4-3-5-8(9(6)11)12-7(2)10/h4,8H,3,5H2,1-2H3. The Morgan fingerprint density at radius 1 is 1.67 bits per heavy atom. The van der Waals surface area contributed by atoms with Gasteiger partial charge < -0.3 is 4.74 Å². The second-order valence-electron chi connectivity index (χ2n) is 2.93. The first-order valence-corrected chi connectivity index (χ1v) is 3.99. The number of esters is 1. The molecule has 1 rings (SSSR count). The molecule has 0 fully saturated rings. The summed E-state index contributed by atoms with van der Waals surface area (Å²) in [7, 11) is 0. The van der Waals surface area contributed by atoms with Gasteiger partial charge >= 0.3 is 5.97 Å². The molecule has 0 spiro atoms. The van der Waals surface area contributed by atoms with E-state index in [1.165, 1.54) is 6.92 Å². The molecule has 1 aliphatic rings. The average Bonchev–Trinajstić information content (AvgIpc) is 1.98. The van der Waals surface area contributed by atoms with Crippen molar-refractivity contribution in [2.45, 2.75) is 32.8 Å². The van der Waals surface area contributed by atoms with Gasteiger partial charge in [0.1, 0.15) is 0 Å². The van der Waals surface area contributed by atoms with Crippen molar-refractivity contribution in [3.05, 3.63) is 11.6 Å². The predicted molar refractivity (Wildman–Crippen MR) is 43.6 cm³/mol. The zero-order valence-electron chi connectivity index (χ0n) is 7.29. The maximum atomic E-state index is 11.3. The number of rotatable bonds is 1. The van der Waals surface area contributed by atoms with Crippen LogP contribution in [-0.2, 0) is 14.3 Å². The first-order chi connectivity index (χ1) is 5.61. The van der Waals surface area contributed by atoms with E-state index in [0.29, 0.717) is 12.0 Å². The molecule has 0 saturated heterocycles. The first-order valence-electron chi connectivity index (χ1n) is 3.99. The highest BCUT2D eigenvalue weighted by atomic mass is 16.5. The minimum atomic E-state index is -0.535. The molecule has 0 saturated carbocycles. The van der Waals surface area contributed by atoms with E-state index < -0.39 is 6.10 Å². The third kappa shape index (κ3) is 1.94. The van der Waals surface area contributed by atoms with Gasteiger partial charge in [-0.1, -0.05) is 6.08 Å². The molecule has 0 aromatic heterocycles. The van der Waals surface area contributed by atoms with Crippen molar-refractivity contribution in [2.75, 3.05) is 0 Å². The fraction of sp³-hybridized carbons (Fsp3) is 0.556. The number of ether oxygens (including phenoxy) is 1. The number of ketones is 1. The van der Waals surface area contributed by atoms with Gasteiger partial charge in [0.2, 0.25) is 0 Å². The van der Waals surface area contributed by atoms with Gasteiger partial charge in [-0.05, 0) is 25.3 Å². The number of hydrogen-bond acceptors (Lipinski definition) is 3. The molecule has 0 radical (unpaired) electrons. The van der Waals surface area contributed by atoms with Crippen LogP contribution < -0.4 is 0 Å². The number of Topliss-reactive ketones (excluding diaryl/α,β-unsaturated/α-hetero) is 1. The molecular formula is C9H12O3. The molecule has 1 atom stereocenters. The van der Waals surface area contributed by atoms with Crippen LogP contribution in [0.1, 0.15) is 26.7 Å². The van der Waals surface area contributed by atoms with Crippen molar-refractivity contribution < 1.29 is 14.3 Å². The molecule has 0 heterocycles. The third-order valence-electron chi connectivity index (χ3n) is 1.87. The molecule has 0 aromatic rings. The third-order valence-corrected chi connectivity index (χ3v) is 1.87. The molecule has 0 aromatic carbocycles. The van der Waals surface area contributed by atoms with Crippen LogP contribution in [0.4, 0.5) is 0 Å². The van der Waals surface area contributed by atoms with Crippen LogP contribution in [0, 0.1) is 0 Å². The minimum Gasteiger partial charge on any atom is -0.454 e. The van der Waals surface area contributed by atoms with Gasteiger partial charge in [-0.2, -0.15) is 0 Å². The summed E-state index contributed by atoms with van der Waals surface area (Å²) in [5.74, 6) is -0.445. The van der Waals surface area contributed by atoms with E-state index >= 15 is 0 Å². The molecule has 66 valence electrons. The highest BCUT2D eigenvalue weighted by molar-refractivity contribution is 5.99. The molecule has 3 heteroatoms. The number of hydrogen-bond donors (Lipinski definition) is 0. The normalized spacial score (nSPS) is 23.3. The molecule has 12 heavy (non-hydrogen) atoms. The maximum Gasteiger partial charge on any atom is 0.303 e. The van der Waals surface area contributed by atoms with Crippen molar-refractivity contribution in [1.82, 2.24) is 0 Å². The summed E-state index contributed by atoms with van der Waals surface area (Å²) in [6.07, 6.45) is 2.78. The van der Waals surface area contributed by atoms with Crippen molar-refractivity contribution in [2.24, 2.45) is 0 Å². The van der Waals surface area contributed by atoms with Gasteiger partial charge in [0.25, 0.3) is 0 Å². The van der Waals surface area contributed by atoms with Crippen molar-refractivity contribution >= 4 is 11.8 Å². The van der Waals surface area contributed by atoms with Gasteiger partial charge in [-0.15, -0.1) is 0 Å². The van der Waals surface area contributed by atoms with Crippen molar-refractivity contribution in [1.29, 1.82) is 0 Å². The maximum absolute atomic E-state index is 11.3. The zero-order chi connectivity index (χ0) is 9.14. The lowest BCUT2D eigenvalue weighted by atomic mass is 9.96. The summed E-state index contributed by atoms with van der Waals surface area (Å²) in [5.41, 5.74) is 0.701. The number of carbonyl (C=O) groups excluding carboxylic acids is 2. The van der Waals surface area contributed by atoms with Crippen LogP contribution in [0.2, 0.25) is 0 Å². The average molecular weight is 168 g/mol. The molecule has 0 bridgehead atoms. The summed E-state index contributed by atoms with van der Waals surface area (Å²) in [4.78, 5) is 21.9. The molecule has 1 unspecified atom stereocenters. The molecule has 1 aliphatic carbocycles. The Morgan fingerprint density at radius 3 is 2.92 bits per heavy atom. The van der Waals surface area contributed by atoms with E-state index in [1.807, 2.05) is 6.08 Å². The number of carbonyl (C=O) groups is 2. The van der Waals surface area contributed by atoms with Crippen LogP contribution in [0.5, 0.6) is 0 Å². The predicted octanol–water partition coefficient (Wildman–Crippen LogP) is 1.23. The fourth-order valence-corrected chi connectivity index (χ4v) is 1.25. The van der Waals surface area contributed by atoms with Crippen LogP contribution >= 0.6 is 0 Å². The monoisotopic (exact) mass is 168 g/mol. The Labute approximate surface area is 71.4 Å². The lowest BCUT2D eigenvalue weighted by Crippen LogP contribution is -2.29. The van der Waals surface area contributed by atoms with E-state index in [-0.39, 0.29) is 11.8 Å². The van der Waals surface area contributed by atoms with E-state index in [4.69, 9.17) is 4.74 Å². The largest absolute Gasteiger partial charge is 0.454 e. The second-order valence-corrected chi connectivity index (χ2v) is 2.93. The van der Waals surface area contributed by atoms with Crippen LogP contribution in [0.3, 0.4) is 0 Å². The van der Waals surface area contributed by atoms with Gasteiger partial charge in [-0.3, -0.25) is 9.59 Å². The summed E-state index contributed by atoms with van der Waals surface area (Å²) in [6.45, 7) is 3.07. The fourth-order valence-electron chi connectivity index (χ4n) is 1.25. The molecule has 0 amide bonds. The van der Waals surface area contributed by atoms with E-state index in [2.05, 4.69) is 0 Å². The minimum absolute atomic E-state index is 0.0588. The summed E-state index contributed by atoms with van der Waals surface area (Å²) in [5, 5.41) is 0. The Hall–Kier alpha value is -1.12. The Morgan fingerprint density at radius 2 is 2.33 bits per heavy atom. The first kappa shape index (κ1) is 8.97. The van der Waals surface area contributed by atoms with Crippen molar-refractivity contribution in [3.8, 4) is 0 Å². The summed E-state index contributed by atoms with van der Waals surface area (Å²) in [6, 6.07) is 0. The van der Waals surface area contributed by atoms with Gasteiger partial charge in [0.15, 0.2) is 11.9 Å². The van der Waals surface area contributed by atoms with Crippen LogP contribution in [-0.4, -0.2) is 17.9 Å². The number of allylic oxidation sites excluding steroid dienone is 1. The Bertz CT molecular complexity index is 240. The molecular weight excluding hydrogens is 156 g/mol. The smallest absolute Gasteiger partial charge is 0.303 e. The van der Waals surface area contributed by atoms with E-state index in [0.717, 1.165) is 6.42 Å². The topological polar surface area (TPSA) is 43.4 Å². The lowest BCUT2D eigenvalue weighted by molar-refractivity contribution is -0.152. The SMILES string of the molecule is CC(=O)OC1CCC=C(C)C1=O. The second kappa shape index (κ2) is 3.52. The molecule has 0 N–H and O–H groups in total. The quantitative estimate of drug-likeness (QED) is 0.553. The summed E-state index contributed by atoms with van der Waals surface area (Å²) < 4.78 is 4.84. The van der Waals surface area contributed by atoms with Crippen LogP contribution in [0.15, 0.2) is 11.6 Å². The Kier molecular flexibility index (Phi) is 2.63. The highest BCUT2D eigenvalue weighted by Crippen LogP contribution is 2.16. The van der Waals surface area contributed by atoms with Gasteiger partial charge in [-0.25, -0.2) is 0 Å². The Balaban J connectivity index is 2.63. The highest BCUT2D eigenvalue weighted by Gasteiger charge is 2.24. The zero-order valence-corrected chi connectivity index (χ0v) is 7.29. The lowest BCUT2D eigenvalue weighted by Gasteiger charge is -2.18. The molecule has 3 nitrogen and oxygen atoms in total. The van der Waals surface area contributed by atoms with Crippen LogP contribution in [0.25, 0.3) is 0 Å². The van der Waals surface area contributed by atoms with Crippen molar-refractivity contribution in [3.63, 3.8) is 0 Å². The summed E-state index contributed by atoms with van der Waals surface area (Å²) >= 11 is 0. The van der Waals surface area contributed by atoms with E-state index in [1.54, 1.807) is 6.92 Å². The van der Waals surface area contributed by atoms with Gasteiger partial charge in [0.05, 0.1) is 0 Å².